The third-order valence-corrected chi connectivity index (χ3v) is 3.99. The zero-order chi connectivity index (χ0) is 19.4. The van der Waals surface area contributed by atoms with E-state index >= 15 is 0 Å². The SMILES string of the molecule is O=C(NCCOc1cccc(Cl)c1)c1cnc2ccccc2c1C(F)(F)F. The predicted octanol–water partition coefficient (Wildman–Crippen LogP) is 4.72. The summed E-state index contributed by atoms with van der Waals surface area (Å²) in [4.78, 5) is 16.2. The van der Waals surface area contributed by atoms with Crippen molar-refractivity contribution in [3.05, 3.63) is 70.9 Å². The fraction of sp³-hybridized carbons (Fsp3) is 0.158. The number of pyridine rings is 1. The number of para-hydroxylation sites is 1. The molecule has 0 saturated heterocycles. The van der Waals surface area contributed by atoms with Gasteiger partial charge in [-0.3, -0.25) is 9.78 Å². The van der Waals surface area contributed by atoms with Crippen LogP contribution in [0.2, 0.25) is 5.02 Å². The van der Waals surface area contributed by atoms with Crippen molar-refractivity contribution in [2.75, 3.05) is 13.2 Å². The van der Waals surface area contributed by atoms with E-state index in [1.54, 1.807) is 30.3 Å². The average Bonchev–Trinajstić information content (AvgIpc) is 2.63. The molecule has 0 aliphatic heterocycles. The highest BCUT2D eigenvalue weighted by Crippen LogP contribution is 2.36. The second-order valence-corrected chi connectivity index (χ2v) is 6.06. The monoisotopic (exact) mass is 394 g/mol. The smallest absolute Gasteiger partial charge is 0.417 e. The fourth-order valence-electron chi connectivity index (χ4n) is 2.60. The molecule has 27 heavy (non-hydrogen) atoms. The molecule has 0 unspecified atom stereocenters. The van der Waals surface area contributed by atoms with E-state index in [1.165, 1.54) is 18.2 Å². The van der Waals surface area contributed by atoms with Gasteiger partial charge in [0.2, 0.25) is 0 Å². The first-order valence-electron chi connectivity index (χ1n) is 7.98. The van der Waals surface area contributed by atoms with Gasteiger partial charge in [0, 0.05) is 16.6 Å². The van der Waals surface area contributed by atoms with E-state index in [4.69, 9.17) is 16.3 Å². The maximum absolute atomic E-state index is 13.5. The van der Waals surface area contributed by atoms with Crippen LogP contribution < -0.4 is 10.1 Å². The first-order chi connectivity index (χ1) is 12.9. The summed E-state index contributed by atoms with van der Waals surface area (Å²) in [6.07, 6.45) is -3.75. The molecule has 1 heterocycles. The molecule has 140 valence electrons. The zero-order valence-electron chi connectivity index (χ0n) is 13.9. The Morgan fingerprint density at radius 2 is 1.93 bits per heavy atom. The molecule has 2 aromatic carbocycles. The second kappa shape index (κ2) is 7.84. The molecule has 1 amide bonds. The highest BCUT2D eigenvalue weighted by atomic mass is 35.5. The first kappa shape index (κ1) is 19.0. The number of ether oxygens (including phenoxy) is 1. The van der Waals surface area contributed by atoms with E-state index in [2.05, 4.69) is 10.3 Å². The Hall–Kier alpha value is -2.80. The van der Waals surface area contributed by atoms with Crippen LogP contribution in [0.25, 0.3) is 10.9 Å². The molecule has 1 N–H and O–H groups in total. The number of hydrogen-bond donors (Lipinski definition) is 1. The van der Waals surface area contributed by atoms with Gasteiger partial charge in [0.1, 0.15) is 12.4 Å². The van der Waals surface area contributed by atoms with Gasteiger partial charge in [-0.05, 0) is 24.3 Å². The van der Waals surface area contributed by atoms with Gasteiger partial charge in [0.25, 0.3) is 5.91 Å². The van der Waals surface area contributed by atoms with Crippen LogP contribution >= 0.6 is 11.6 Å². The highest BCUT2D eigenvalue weighted by Gasteiger charge is 2.37. The van der Waals surface area contributed by atoms with Crippen molar-refractivity contribution in [3.8, 4) is 5.75 Å². The summed E-state index contributed by atoms with van der Waals surface area (Å²) in [7, 11) is 0. The largest absolute Gasteiger partial charge is 0.492 e. The zero-order valence-corrected chi connectivity index (χ0v) is 14.6. The maximum Gasteiger partial charge on any atom is 0.417 e. The number of nitrogens with one attached hydrogen (secondary N) is 1. The molecule has 0 fully saturated rings. The minimum Gasteiger partial charge on any atom is -0.492 e. The molecule has 0 spiro atoms. The van der Waals surface area contributed by atoms with Crippen LogP contribution in [0.5, 0.6) is 5.75 Å². The number of carbonyl (C=O) groups excluding carboxylic acids is 1. The second-order valence-electron chi connectivity index (χ2n) is 5.62. The van der Waals surface area contributed by atoms with E-state index in [1.807, 2.05) is 0 Å². The number of carbonyl (C=O) groups is 1. The topological polar surface area (TPSA) is 51.2 Å². The highest BCUT2D eigenvalue weighted by molar-refractivity contribution is 6.30. The van der Waals surface area contributed by atoms with E-state index in [0.29, 0.717) is 10.8 Å². The average molecular weight is 395 g/mol. The van der Waals surface area contributed by atoms with Gasteiger partial charge in [0.15, 0.2) is 0 Å². The summed E-state index contributed by atoms with van der Waals surface area (Å²) >= 11 is 5.83. The Morgan fingerprint density at radius 3 is 2.67 bits per heavy atom. The molecule has 0 saturated carbocycles. The van der Waals surface area contributed by atoms with Gasteiger partial charge in [-0.1, -0.05) is 35.9 Å². The number of alkyl halides is 3. The van der Waals surface area contributed by atoms with Crippen molar-refractivity contribution in [1.29, 1.82) is 0 Å². The molecule has 0 aliphatic carbocycles. The third-order valence-electron chi connectivity index (χ3n) is 3.76. The van der Waals surface area contributed by atoms with Crippen LogP contribution in [0.1, 0.15) is 15.9 Å². The molecule has 3 aromatic rings. The lowest BCUT2D eigenvalue weighted by Gasteiger charge is -2.15. The third kappa shape index (κ3) is 4.49. The van der Waals surface area contributed by atoms with Crippen LogP contribution in [0, 0.1) is 0 Å². The Kier molecular flexibility index (Phi) is 5.51. The van der Waals surface area contributed by atoms with Crippen molar-refractivity contribution in [2.24, 2.45) is 0 Å². The molecule has 1 aromatic heterocycles. The van der Waals surface area contributed by atoms with Gasteiger partial charge in [-0.25, -0.2) is 0 Å². The number of rotatable bonds is 5. The number of halogens is 4. The van der Waals surface area contributed by atoms with Crippen molar-refractivity contribution in [1.82, 2.24) is 10.3 Å². The van der Waals surface area contributed by atoms with E-state index in [-0.39, 0.29) is 24.1 Å². The molecular weight excluding hydrogens is 381 g/mol. The summed E-state index contributed by atoms with van der Waals surface area (Å²) in [6.45, 7) is 0.101. The standard InChI is InChI=1S/C19H14ClF3N2O2/c20-12-4-3-5-13(10-12)27-9-8-24-18(26)15-11-25-16-7-2-1-6-14(16)17(15)19(21,22)23/h1-7,10-11H,8-9H2,(H,24,26). The van der Waals surface area contributed by atoms with Crippen LogP contribution in [-0.2, 0) is 6.18 Å². The quantitative estimate of drug-likeness (QED) is 0.637. The fourth-order valence-corrected chi connectivity index (χ4v) is 2.78. The number of nitrogens with zero attached hydrogens (tertiary/aromatic N) is 1. The van der Waals surface area contributed by atoms with E-state index < -0.39 is 23.2 Å². The lowest BCUT2D eigenvalue weighted by molar-refractivity contribution is -0.136. The molecule has 0 radical (unpaired) electrons. The number of amides is 1. The molecule has 8 heteroatoms. The summed E-state index contributed by atoms with van der Waals surface area (Å²) < 4.78 is 46.0. The van der Waals surface area contributed by atoms with Gasteiger partial charge in [-0.2, -0.15) is 13.2 Å². The molecule has 0 bridgehead atoms. The Bertz CT molecular complexity index is 977. The van der Waals surface area contributed by atoms with Crippen LogP contribution in [0.3, 0.4) is 0 Å². The maximum atomic E-state index is 13.5. The lowest BCUT2D eigenvalue weighted by Crippen LogP contribution is -2.30. The molecule has 0 aliphatic rings. The van der Waals surface area contributed by atoms with Crippen molar-refractivity contribution < 1.29 is 22.7 Å². The van der Waals surface area contributed by atoms with Crippen LogP contribution in [0.15, 0.2) is 54.7 Å². The Morgan fingerprint density at radius 1 is 1.15 bits per heavy atom. The minimum atomic E-state index is -4.69. The molecule has 0 atom stereocenters. The number of fused-ring (bicyclic) bond motifs is 1. The first-order valence-corrected chi connectivity index (χ1v) is 8.35. The van der Waals surface area contributed by atoms with Crippen LogP contribution in [0.4, 0.5) is 13.2 Å². The summed E-state index contributed by atoms with van der Waals surface area (Å²) in [5.41, 5.74) is -1.35. The van der Waals surface area contributed by atoms with Gasteiger partial charge in [-0.15, -0.1) is 0 Å². The lowest BCUT2D eigenvalue weighted by atomic mass is 10.0. The molecule has 3 rings (SSSR count). The molecular formula is C19H14ClF3N2O2. The Balaban J connectivity index is 1.74. The van der Waals surface area contributed by atoms with Crippen molar-refractivity contribution >= 4 is 28.4 Å². The number of hydrogen-bond acceptors (Lipinski definition) is 3. The Labute approximate surface area is 157 Å². The summed E-state index contributed by atoms with van der Waals surface area (Å²) in [5.74, 6) is -0.365. The summed E-state index contributed by atoms with van der Waals surface area (Å²) in [6, 6.07) is 12.5. The number of benzene rings is 2. The number of aromatic nitrogens is 1. The molecule has 4 nitrogen and oxygen atoms in total. The predicted molar refractivity (Wildman–Crippen MR) is 96.0 cm³/mol. The van der Waals surface area contributed by atoms with Gasteiger partial charge < -0.3 is 10.1 Å². The van der Waals surface area contributed by atoms with Gasteiger partial charge >= 0.3 is 6.18 Å². The van der Waals surface area contributed by atoms with Crippen molar-refractivity contribution in [3.63, 3.8) is 0 Å². The van der Waals surface area contributed by atoms with E-state index in [0.717, 1.165) is 6.20 Å². The minimum absolute atomic E-state index is 0.0233. The van der Waals surface area contributed by atoms with Crippen molar-refractivity contribution in [2.45, 2.75) is 6.18 Å². The normalized spacial score (nSPS) is 11.4. The van der Waals surface area contributed by atoms with Gasteiger partial charge in [0.05, 0.1) is 23.2 Å². The van der Waals surface area contributed by atoms with E-state index in [9.17, 15) is 18.0 Å². The summed E-state index contributed by atoms with van der Waals surface area (Å²) in [5, 5.41) is 2.80. The van der Waals surface area contributed by atoms with Crippen LogP contribution in [-0.4, -0.2) is 24.0 Å².